The van der Waals surface area contributed by atoms with Crippen LogP contribution in [0, 0.1) is 6.92 Å². The Bertz CT molecular complexity index is 1030. The third-order valence-electron chi connectivity index (χ3n) is 3.72. The second-order valence-electron chi connectivity index (χ2n) is 5.97. The molecule has 2 N–H and O–H groups in total. The zero-order chi connectivity index (χ0) is 20.1. The zero-order valence-corrected chi connectivity index (χ0v) is 16.8. The third kappa shape index (κ3) is 5.17. The molecule has 0 aliphatic heterocycles. The maximum Gasteiger partial charge on any atom is 0.263 e. The Balaban J connectivity index is 1.58. The molecule has 0 saturated carbocycles. The number of nitrogens with zero attached hydrogens (tertiary/aromatic N) is 1. The number of rotatable bonds is 8. The number of nitrogens with one attached hydrogen (secondary N) is 2. The number of furan rings is 1. The van der Waals surface area contributed by atoms with Gasteiger partial charge in [0.25, 0.3) is 10.0 Å². The Kier molecular flexibility index (Phi) is 6.10. The SMILES string of the molecule is Cc1cc(NS(=O)(=O)c2ccc(NC(=O)C(C)SCc3ccco3)cc2)no1. The fourth-order valence-electron chi connectivity index (χ4n) is 2.25. The highest BCUT2D eigenvalue weighted by molar-refractivity contribution is 7.99. The number of hydrogen-bond acceptors (Lipinski definition) is 7. The van der Waals surface area contributed by atoms with Gasteiger partial charge in [-0.05, 0) is 50.2 Å². The minimum absolute atomic E-state index is 0.0476. The van der Waals surface area contributed by atoms with Crippen molar-refractivity contribution in [1.29, 1.82) is 0 Å². The van der Waals surface area contributed by atoms with Crippen LogP contribution in [0.15, 0.2) is 62.6 Å². The molecule has 3 rings (SSSR count). The Morgan fingerprint density at radius 3 is 2.61 bits per heavy atom. The lowest BCUT2D eigenvalue weighted by molar-refractivity contribution is -0.115. The zero-order valence-electron chi connectivity index (χ0n) is 15.2. The van der Waals surface area contributed by atoms with Gasteiger partial charge in [0.15, 0.2) is 5.82 Å². The molecule has 0 fully saturated rings. The van der Waals surface area contributed by atoms with Gasteiger partial charge in [0.1, 0.15) is 11.5 Å². The fraction of sp³-hybridized carbons (Fsp3) is 0.222. The van der Waals surface area contributed by atoms with E-state index in [1.54, 1.807) is 26.2 Å². The Labute approximate surface area is 166 Å². The molecule has 2 heterocycles. The molecular weight excluding hydrogens is 402 g/mol. The highest BCUT2D eigenvalue weighted by Gasteiger charge is 2.18. The molecule has 28 heavy (non-hydrogen) atoms. The van der Waals surface area contributed by atoms with E-state index in [4.69, 9.17) is 8.94 Å². The summed E-state index contributed by atoms with van der Waals surface area (Å²) >= 11 is 1.44. The van der Waals surface area contributed by atoms with Crippen molar-refractivity contribution in [2.45, 2.75) is 29.7 Å². The van der Waals surface area contributed by atoms with Crippen molar-refractivity contribution in [3.8, 4) is 0 Å². The highest BCUT2D eigenvalue weighted by Crippen LogP contribution is 2.21. The average Bonchev–Trinajstić information content (AvgIpc) is 3.31. The molecule has 0 aliphatic carbocycles. The smallest absolute Gasteiger partial charge is 0.263 e. The molecule has 3 aromatic rings. The topological polar surface area (TPSA) is 114 Å². The number of sulfonamides is 1. The minimum atomic E-state index is -3.80. The van der Waals surface area contributed by atoms with Crippen molar-refractivity contribution < 1.29 is 22.2 Å². The van der Waals surface area contributed by atoms with Crippen molar-refractivity contribution in [3.63, 3.8) is 0 Å². The van der Waals surface area contributed by atoms with Crippen LogP contribution in [0.2, 0.25) is 0 Å². The number of aromatic nitrogens is 1. The Hall–Kier alpha value is -2.72. The number of amides is 1. The molecule has 2 aromatic heterocycles. The van der Waals surface area contributed by atoms with Gasteiger partial charge in [-0.15, -0.1) is 11.8 Å². The van der Waals surface area contributed by atoms with Crippen LogP contribution < -0.4 is 10.0 Å². The van der Waals surface area contributed by atoms with Gasteiger partial charge in [0.2, 0.25) is 5.91 Å². The molecule has 1 atom stereocenters. The molecule has 0 radical (unpaired) electrons. The predicted molar refractivity (Wildman–Crippen MR) is 107 cm³/mol. The van der Waals surface area contributed by atoms with Gasteiger partial charge in [-0.3, -0.25) is 9.52 Å². The first-order chi connectivity index (χ1) is 13.3. The van der Waals surface area contributed by atoms with Gasteiger partial charge < -0.3 is 14.3 Å². The Morgan fingerprint density at radius 2 is 2.00 bits per heavy atom. The lowest BCUT2D eigenvalue weighted by Crippen LogP contribution is -2.22. The van der Waals surface area contributed by atoms with Gasteiger partial charge in [0.05, 0.1) is 22.2 Å². The second-order valence-corrected chi connectivity index (χ2v) is 8.99. The van der Waals surface area contributed by atoms with Crippen LogP contribution >= 0.6 is 11.8 Å². The number of hydrogen-bond donors (Lipinski definition) is 2. The first-order valence-electron chi connectivity index (χ1n) is 8.34. The molecule has 1 unspecified atom stereocenters. The van der Waals surface area contributed by atoms with Gasteiger partial charge in [-0.1, -0.05) is 5.16 Å². The van der Waals surface area contributed by atoms with Gasteiger partial charge in [-0.25, -0.2) is 8.42 Å². The Morgan fingerprint density at radius 1 is 1.25 bits per heavy atom. The van der Waals surface area contributed by atoms with Crippen LogP contribution in [0.3, 0.4) is 0 Å². The van der Waals surface area contributed by atoms with E-state index in [-0.39, 0.29) is 21.9 Å². The van der Waals surface area contributed by atoms with E-state index in [9.17, 15) is 13.2 Å². The molecule has 0 aliphatic rings. The van der Waals surface area contributed by atoms with E-state index in [1.807, 2.05) is 6.07 Å². The molecule has 148 valence electrons. The molecule has 8 nitrogen and oxygen atoms in total. The largest absolute Gasteiger partial charge is 0.468 e. The van der Waals surface area contributed by atoms with Crippen molar-refractivity contribution >= 4 is 39.2 Å². The number of aryl methyl sites for hydroxylation is 1. The van der Waals surface area contributed by atoms with Crippen LogP contribution in [-0.2, 0) is 20.6 Å². The molecule has 1 amide bonds. The summed E-state index contributed by atoms with van der Waals surface area (Å²) in [7, 11) is -3.80. The quantitative estimate of drug-likeness (QED) is 0.571. The summed E-state index contributed by atoms with van der Waals surface area (Å²) in [6.07, 6.45) is 1.59. The van der Waals surface area contributed by atoms with E-state index in [0.717, 1.165) is 5.76 Å². The van der Waals surface area contributed by atoms with E-state index < -0.39 is 10.0 Å². The molecule has 0 bridgehead atoms. The van der Waals surface area contributed by atoms with Gasteiger partial charge in [0, 0.05) is 11.8 Å². The van der Waals surface area contributed by atoms with Crippen molar-refractivity contribution in [2.24, 2.45) is 0 Å². The van der Waals surface area contributed by atoms with Crippen molar-refractivity contribution in [1.82, 2.24) is 5.16 Å². The maximum atomic E-state index is 12.4. The lowest BCUT2D eigenvalue weighted by Gasteiger charge is -2.12. The van der Waals surface area contributed by atoms with Gasteiger partial charge in [-0.2, -0.15) is 0 Å². The monoisotopic (exact) mass is 421 g/mol. The number of anilines is 2. The normalized spacial score (nSPS) is 12.5. The summed E-state index contributed by atoms with van der Waals surface area (Å²) in [5.41, 5.74) is 0.506. The summed E-state index contributed by atoms with van der Waals surface area (Å²) < 4.78 is 37.1. The molecule has 10 heteroatoms. The van der Waals surface area contributed by atoms with Gasteiger partial charge >= 0.3 is 0 Å². The van der Waals surface area contributed by atoms with E-state index in [2.05, 4.69) is 15.2 Å². The summed E-state index contributed by atoms with van der Waals surface area (Å²) in [6, 6.07) is 11.0. The van der Waals surface area contributed by atoms with E-state index in [0.29, 0.717) is 17.2 Å². The first kappa shape index (κ1) is 20.0. The fourth-order valence-corrected chi connectivity index (χ4v) is 4.02. The van der Waals surface area contributed by atoms with Crippen LogP contribution in [0.25, 0.3) is 0 Å². The lowest BCUT2D eigenvalue weighted by atomic mass is 10.3. The van der Waals surface area contributed by atoms with Crippen molar-refractivity contribution in [3.05, 3.63) is 60.2 Å². The number of carbonyl (C=O) groups excluding carboxylic acids is 1. The second kappa shape index (κ2) is 8.53. The van der Waals surface area contributed by atoms with E-state index in [1.165, 1.54) is 42.1 Å². The average molecular weight is 422 g/mol. The van der Waals surface area contributed by atoms with Crippen LogP contribution in [0.5, 0.6) is 0 Å². The molecule has 1 aromatic carbocycles. The maximum absolute atomic E-state index is 12.4. The summed E-state index contributed by atoms with van der Waals surface area (Å²) in [6.45, 7) is 3.46. The number of thioether (sulfide) groups is 1. The van der Waals surface area contributed by atoms with Crippen LogP contribution in [0.1, 0.15) is 18.4 Å². The third-order valence-corrected chi connectivity index (χ3v) is 6.26. The first-order valence-corrected chi connectivity index (χ1v) is 10.9. The predicted octanol–water partition coefficient (Wildman–Crippen LogP) is 3.64. The summed E-state index contributed by atoms with van der Waals surface area (Å²) in [4.78, 5) is 12.3. The van der Waals surface area contributed by atoms with Crippen molar-refractivity contribution in [2.75, 3.05) is 10.0 Å². The van der Waals surface area contributed by atoms with Crippen LogP contribution in [-0.4, -0.2) is 24.7 Å². The standard InChI is InChI=1S/C18H19N3O5S2/c1-12-10-17(20-26-12)21-28(23,24)16-7-5-14(6-8-16)19-18(22)13(2)27-11-15-4-3-9-25-15/h3-10,13H,11H2,1-2H3,(H,19,22)(H,20,21). The number of carbonyl (C=O) groups is 1. The minimum Gasteiger partial charge on any atom is -0.468 e. The summed E-state index contributed by atoms with van der Waals surface area (Å²) in [5, 5.41) is 6.08. The van der Waals surface area contributed by atoms with Crippen LogP contribution in [0.4, 0.5) is 11.5 Å². The summed E-state index contributed by atoms with van der Waals surface area (Å²) in [5.74, 6) is 1.82. The number of benzene rings is 1. The van der Waals surface area contributed by atoms with E-state index >= 15 is 0 Å². The highest BCUT2D eigenvalue weighted by atomic mass is 32.2. The molecule has 0 saturated heterocycles. The molecule has 0 spiro atoms. The molecular formula is C18H19N3O5S2.